The molecule has 4 rings (SSSR count). The molecule has 1 atom stereocenters. The molecule has 1 saturated heterocycles. The van der Waals surface area contributed by atoms with E-state index in [2.05, 4.69) is 44.1 Å². The van der Waals surface area contributed by atoms with E-state index in [0.717, 1.165) is 44.8 Å². The predicted molar refractivity (Wildman–Crippen MR) is 96.5 cm³/mol. The van der Waals surface area contributed by atoms with Crippen LogP contribution in [0.15, 0.2) is 47.7 Å². The van der Waals surface area contributed by atoms with E-state index in [-0.39, 0.29) is 11.7 Å². The second kappa shape index (κ2) is 7.21. The number of H-pyrrole nitrogens is 2. The maximum absolute atomic E-state index is 11.3. The van der Waals surface area contributed by atoms with Gasteiger partial charge < -0.3 is 14.7 Å². The van der Waals surface area contributed by atoms with Gasteiger partial charge in [0.15, 0.2) is 0 Å². The van der Waals surface area contributed by atoms with Crippen LogP contribution in [-0.2, 0) is 17.7 Å². The van der Waals surface area contributed by atoms with E-state index in [0.29, 0.717) is 0 Å². The Morgan fingerprint density at radius 1 is 1.24 bits per heavy atom. The Morgan fingerprint density at radius 3 is 3.12 bits per heavy atom. The number of ether oxygens (including phenoxy) is 1. The summed E-state index contributed by atoms with van der Waals surface area (Å²) in [6, 6.07) is 10.2. The van der Waals surface area contributed by atoms with Crippen LogP contribution in [0.1, 0.15) is 17.7 Å². The molecule has 1 aliphatic rings. The van der Waals surface area contributed by atoms with Gasteiger partial charge >= 0.3 is 0 Å². The SMILES string of the molecule is O=c1cc(CC[C@H]2CN(Cc3ccc4cc[nH]c4c3)CCO2)nc[nH]1. The summed E-state index contributed by atoms with van der Waals surface area (Å²) in [4.78, 5) is 23.8. The fraction of sp³-hybridized carbons (Fsp3) is 0.368. The van der Waals surface area contributed by atoms with E-state index in [1.54, 1.807) is 6.07 Å². The third-order valence-electron chi connectivity index (χ3n) is 4.71. The lowest BCUT2D eigenvalue weighted by molar-refractivity contribution is -0.0346. The number of aromatic amines is 2. The minimum atomic E-state index is -0.101. The van der Waals surface area contributed by atoms with Gasteiger partial charge in [-0.2, -0.15) is 0 Å². The number of morpholine rings is 1. The van der Waals surface area contributed by atoms with Crippen molar-refractivity contribution < 1.29 is 4.74 Å². The summed E-state index contributed by atoms with van der Waals surface area (Å²) >= 11 is 0. The van der Waals surface area contributed by atoms with Crippen LogP contribution in [0.25, 0.3) is 10.9 Å². The molecule has 25 heavy (non-hydrogen) atoms. The van der Waals surface area contributed by atoms with Gasteiger partial charge in [0.25, 0.3) is 5.56 Å². The summed E-state index contributed by atoms with van der Waals surface area (Å²) in [5.74, 6) is 0. The summed E-state index contributed by atoms with van der Waals surface area (Å²) in [5, 5.41) is 1.24. The minimum Gasteiger partial charge on any atom is -0.376 e. The number of benzene rings is 1. The van der Waals surface area contributed by atoms with Crippen LogP contribution in [0, 0.1) is 0 Å². The highest BCUT2D eigenvalue weighted by molar-refractivity contribution is 5.79. The molecule has 2 N–H and O–H groups in total. The summed E-state index contributed by atoms with van der Waals surface area (Å²) in [5.41, 5.74) is 3.21. The van der Waals surface area contributed by atoms with Crippen molar-refractivity contribution in [3.8, 4) is 0 Å². The zero-order chi connectivity index (χ0) is 17.1. The molecular weight excluding hydrogens is 316 g/mol. The molecule has 0 aliphatic carbocycles. The maximum Gasteiger partial charge on any atom is 0.250 e. The first-order chi connectivity index (χ1) is 12.3. The van der Waals surface area contributed by atoms with Crippen LogP contribution < -0.4 is 5.56 Å². The van der Waals surface area contributed by atoms with Gasteiger partial charge in [0.1, 0.15) is 0 Å². The molecule has 0 spiro atoms. The lowest BCUT2D eigenvalue weighted by atomic mass is 10.1. The zero-order valence-corrected chi connectivity index (χ0v) is 14.1. The summed E-state index contributed by atoms with van der Waals surface area (Å²) in [6.07, 6.45) is 5.26. The number of nitrogens with zero attached hydrogens (tertiary/aromatic N) is 2. The van der Waals surface area contributed by atoms with Gasteiger partial charge in [0.05, 0.1) is 19.0 Å². The third-order valence-corrected chi connectivity index (χ3v) is 4.71. The van der Waals surface area contributed by atoms with Crippen molar-refractivity contribution in [2.45, 2.75) is 25.5 Å². The highest BCUT2D eigenvalue weighted by atomic mass is 16.5. The van der Waals surface area contributed by atoms with E-state index in [9.17, 15) is 4.79 Å². The zero-order valence-electron chi connectivity index (χ0n) is 14.1. The summed E-state index contributed by atoms with van der Waals surface area (Å²) in [6.45, 7) is 3.53. The molecule has 0 amide bonds. The van der Waals surface area contributed by atoms with E-state index in [1.807, 2.05) is 6.20 Å². The highest BCUT2D eigenvalue weighted by Crippen LogP contribution is 2.18. The Balaban J connectivity index is 1.34. The average molecular weight is 338 g/mol. The summed E-state index contributed by atoms with van der Waals surface area (Å²) < 4.78 is 5.89. The monoisotopic (exact) mass is 338 g/mol. The molecule has 3 aromatic rings. The van der Waals surface area contributed by atoms with Crippen molar-refractivity contribution in [2.75, 3.05) is 19.7 Å². The quantitative estimate of drug-likeness (QED) is 0.747. The number of hydrogen-bond acceptors (Lipinski definition) is 4. The molecular formula is C19H22N4O2. The molecule has 0 saturated carbocycles. The molecule has 2 aromatic heterocycles. The maximum atomic E-state index is 11.3. The first-order valence-electron chi connectivity index (χ1n) is 8.70. The number of aryl methyl sites for hydroxylation is 1. The molecule has 0 unspecified atom stereocenters. The third kappa shape index (κ3) is 3.97. The van der Waals surface area contributed by atoms with Gasteiger partial charge in [-0.3, -0.25) is 9.69 Å². The number of aromatic nitrogens is 3. The second-order valence-electron chi connectivity index (χ2n) is 6.57. The fourth-order valence-corrected chi connectivity index (χ4v) is 3.40. The van der Waals surface area contributed by atoms with Crippen molar-refractivity contribution in [3.63, 3.8) is 0 Å². The molecule has 1 fully saturated rings. The molecule has 1 aromatic carbocycles. The van der Waals surface area contributed by atoms with Crippen LogP contribution >= 0.6 is 0 Å². The first-order valence-corrected chi connectivity index (χ1v) is 8.70. The van der Waals surface area contributed by atoms with E-state index in [4.69, 9.17) is 4.74 Å². The lowest BCUT2D eigenvalue weighted by Crippen LogP contribution is -2.42. The molecule has 130 valence electrons. The summed E-state index contributed by atoms with van der Waals surface area (Å²) in [7, 11) is 0. The number of fused-ring (bicyclic) bond motifs is 1. The highest BCUT2D eigenvalue weighted by Gasteiger charge is 2.20. The largest absolute Gasteiger partial charge is 0.376 e. The lowest BCUT2D eigenvalue weighted by Gasteiger charge is -2.33. The van der Waals surface area contributed by atoms with Crippen molar-refractivity contribution >= 4 is 10.9 Å². The normalized spacial score (nSPS) is 18.6. The first kappa shape index (κ1) is 16.1. The topological polar surface area (TPSA) is 74.0 Å². The van der Waals surface area contributed by atoms with Crippen LogP contribution in [0.5, 0.6) is 0 Å². The number of rotatable bonds is 5. The van der Waals surface area contributed by atoms with Gasteiger partial charge in [0, 0.05) is 43.1 Å². The molecule has 6 nitrogen and oxygen atoms in total. The number of hydrogen-bond donors (Lipinski definition) is 2. The van der Waals surface area contributed by atoms with Crippen LogP contribution in [0.2, 0.25) is 0 Å². The molecule has 1 aliphatic heterocycles. The van der Waals surface area contributed by atoms with Gasteiger partial charge in [-0.1, -0.05) is 12.1 Å². The Kier molecular flexibility index (Phi) is 4.63. The second-order valence-corrected chi connectivity index (χ2v) is 6.57. The average Bonchev–Trinajstić information content (AvgIpc) is 3.08. The number of nitrogens with one attached hydrogen (secondary N) is 2. The Hall–Kier alpha value is -2.44. The van der Waals surface area contributed by atoms with Gasteiger partial charge in [-0.15, -0.1) is 0 Å². The van der Waals surface area contributed by atoms with Crippen molar-refractivity contribution in [1.82, 2.24) is 19.9 Å². The van der Waals surface area contributed by atoms with Crippen molar-refractivity contribution in [3.05, 3.63) is 64.5 Å². The Morgan fingerprint density at radius 2 is 2.20 bits per heavy atom. The Bertz CT molecular complexity index is 901. The molecule has 0 bridgehead atoms. The van der Waals surface area contributed by atoms with Gasteiger partial charge in [-0.25, -0.2) is 4.98 Å². The fourth-order valence-electron chi connectivity index (χ4n) is 3.40. The smallest absolute Gasteiger partial charge is 0.250 e. The van der Waals surface area contributed by atoms with Crippen LogP contribution in [0.3, 0.4) is 0 Å². The van der Waals surface area contributed by atoms with Gasteiger partial charge in [-0.05, 0) is 35.9 Å². The van der Waals surface area contributed by atoms with E-state index in [1.165, 1.54) is 22.8 Å². The van der Waals surface area contributed by atoms with E-state index >= 15 is 0 Å². The molecule has 6 heteroatoms. The van der Waals surface area contributed by atoms with Crippen molar-refractivity contribution in [1.29, 1.82) is 0 Å². The van der Waals surface area contributed by atoms with Crippen LogP contribution in [0.4, 0.5) is 0 Å². The Labute approximate surface area is 145 Å². The van der Waals surface area contributed by atoms with Crippen LogP contribution in [-0.4, -0.2) is 45.7 Å². The minimum absolute atomic E-state index is 0.101. The molecule has 3 heterocycles. The predicted octanol–water partition coefficient (Wildman–Crippen LogP) is 2.08. The van der Waals surface area contributed by atoms with Gasteiger partial charge in [0.2, 0.25) is 0 Å². The van der Waals surface area contributed by atoms with E-state index < -0.39 is 0 Å². The molecule has 0 radical (unpaired) electrons. The van der Waals surface area contributed by atoms with Crippen molar-refractivity contribution in [2.24, 2.45) is 0 Å². The standard InChI is InChI=1S/C19H22N4O2/c24-19-10-16(21-13-22-19)3-4-17-12-23(7-8-25-17)11-14-1-2-15-5-6-20-18(15)9-14/h1-2,5-6,9-10,13,17,20H,3-4,7-8,11-12H2,(H,21,22,24)/t17-/m0/s1.